The molecule has 170 valence electrons. The number of H-pyrrole nitrogens is 1. The molecule has 0 fully saturated rings. The van der Waals surface area contributed by atoms with Crippen LogP contribution in [0.3, 0.4) is 0 Å². The summed E-state index contributed by atoms with van der Waals surface area (Å²) in [5, 5.41) is 6.77. The molecule has 0 spiro atoms. The molecule has 0 aliphatic carbocycles. The van der Waals surface area contributed by atoms with Crippen molar-refractivity contribution < 1.29 is 9.59 Å². The Morgan fingerprint density at radius 1 is 1.23 bits per heavy atom. The molecule has 31 heavy (non-hydrogen) atoms. The van der Waals surface area contributed by atoms with E-state index in [9.17, 15) is 19.2 Å². The van der Waals surface area contributed by atoms with E-state index in [4.69, 9.17) is 5.73 Å². The van der Waals surface area contributed by atoms with Crippen LogP contribution in [-0.2, 0) is 17.9 Å². The molecule has 3 amide bonds. The van der Waals surface area contributed by atoms with E-state index >= 15 is 0 Å². The van der Waals surface area contributed by atoms with E-state index in [1.54, 1.807) is 0 Å². The average molecular weight is 451 g/mol. The minimum absolute atomic E-state index is 0.00181. The third-order valence-corrected chi connectivity index (χ3v) is 5.13. The van der Waals surface area contributed by atoms with Crippen LogP contribution in [0.5, 0.6) is 0 Å². The van der Waals surface area contributed by atoms with Gasteiger partial charge in [0.25, 0.3) is 5.56 Å². The average Bonchev–Trinajstić information content (AvgIpc) is 3.16. The number of carbonyl (C=O) groups excluding carboxylic acids is 2. The molecular formula is C20H30N6O4S. The number of nitrogens with zero attached hydrogens (tertiary/aromatic N) is 2. The van der Waals surface area contributed by atoms with E-state index < -0.39 is 23.2 Å². The van der Waals surface area contributed by atoms with Gasteiger partial charge < -0.3 is 16.0 Å². The number of aromatic nitrogens is 2. The number of anilines is 2. The van der Waals surface area contributed by atoms with Gasteiger partial charge in [0.15, 0.2) is 0 Å². The van der Waals surface area contributed by atoms with E-state index in [0.29, 0.717) is 19.6 Å². The first-order chi connectivity index (χ1) is 14.6. The molecule has 0 atom stereocenters. The quantitative estimate of drug-likeness (QED) is 0.454. The molecular weight excluding hydrogens is 420 g/mol. The number of rotatable bonds is 9. The Morgan fingerprint density at radius 3 is 2.52 bits per heavy atom. The van der Waals surface area contributed by atoms with Crippen LogP contribution >= 0.6 is 11.3 Å². The molecule has 2 rings (SSSR count). The van der Waals surface area contributed by atoms with Crippen LogP contribution in [0.1, 0.15) is 32.6 Å². The number of thiophene rings is 1. The Bertz CT molecular complexity index is 1010. The van der Waals surface area contributed by atoms with E-state index in [1.807, 2.05) is 45.2 Å². The predicted molar refractivity (Wildman–Crippen MR) is 122 cm³/mol. The van der Waals surface area contributed by atoms with Gasteiger partial charge in [-0.1, -0.05) is 33.8 Å². The highest BCUT2D eigenvalue weighted by Crippen LogP contribution is 2.18. The van der Waals surface area contributed by atoms with Gasteiger partial charge in [-0.2, -0.15) is 0 Å². The fourth-order valence-electron chi connectivity index (χ4n) is 3.07. The highest BCUT2D eigenvalue weighted by Gasteiger charge is 2.23. The summed E-state index contributed by atoms with van der Waals surface area (Å²) in [6.07, 6.45) is 0. The number of carbonyl (C=O) groups is 2. The fraction of sp³-hybridized carbons (Fsp3) is 0.500. The second-order valence-electron chi connectivity index (χ2n) is 8.08. The molecule has 2 aromatic heterocycles. The van der Waals surface area contributed by atoms with Gasteiger partial charge in [-0.15, -0.1) is 11.3 Å². The van der Waals surface area contributed by atoms with Crippen LogP contribution in [0, 0.1) is 11.8 Å². The van der Waals surface area contributed by atoms with Crippen molar-refractivity contribution in [1.82, 2.24) is 20.2 Å². The van der Waals surface area contributed by atoms with Crippen LogP contribution in [0.4, 0.5) is 16.3 Å². The van der Waals surface area contributed by atoms with Gasteiger partial charge in [0.05, 0.1) is 13.1 Å². The summed E-state index contributed by atoms with van der Waals surface area (Å²) in [7, 11) is 0. The largest absolute Gasteiger partial charge is 0.383 e. The van der Waals surface area contributed by atoms with Crippen molar-refractivity contribution in [3.8, 4) is 0 Å². The lowest BCUT2D eigenvalue weighted by Crippen LogP contribution is -2.47. The molecule has 0 aliphatic heterocycles. The highest BCUT2D eigenvalue weighted by molar-refractivity contribution is 7.09. The summed E-state index contributed by atoms with van der Waals surface area (Å²) >= 11 is 1.49. The summed E-state index contributed by atoms with van der Waals surface area (Å²) in [5.41, 5.74) is 4.96. The van der Waals surface area contributed by atoms with Crippen molar-refractivity contribution >= 4 is 34.8 Å². The van der Waals surface area contributed by atoms with Crippen molar-refractivity contribution in [3.05, 3.63) is 43.2 Å². The number of imide groups is 1. The first-order valence-corrected chi connectivity index (χ1v) is 10.9. The van der Waals surface area contributed by atoms with Crippen molar-refractivity contribution in [3.63, 3.8) is 0 Å². The topological polar surface area (TPSA) is 142 Å². The Labute approximate surface area is 184 Å². The zero-order chi connectivity index (χ0) is 23.1. The van der Waals surface area contributed by atoms with Gasteiger partial charge in [-0.3, -0.25) is 24.5 Å². The summed E-state index contributed by atoms with van der Waals surface area (Å²) in [6, 6.07) is 3.11. The minimum Gasteiger partial charge on any atom is -0.383 e. The number of nitrogens with two attached hydrogens (primary N) is 1. The lowest BCUT2D eigenvalue weighted by atomic mass is 10.2. The Kier molecular flexibility index (Phi) is 8.43. The number of aromatic amines is 1. The zero-order valence-corrected chi connectivity index (χ0v) is 19.0. The van der Waals surface area contributed by atoms with Gasteiger partial charge in [0, 0.05) is 18.0 Å². The summed E-state index contributed by atoms with van der Waals surface area (Å²) in [5.74, 6) is -0.389. The summed E-state index contributed by atoms with van der Waals surface area (Å²) in [6.45, 7) is 8.38. The lowest BCUT2D eigenvalue weighted by Gasteiger charge is -2.27. The Morgan fingerprint density at radius 2 is 1.94 bits per heavy atom. The normalized spacial score (nSPS) is 11.0. The molecule has 10 nitrogen and oxygen atoms in total. The molecule has 5 N–H and O–H groups in total. The van der Waals surface area contributed by atoms with E-state index in [2.05, 4.69) is 15.6 Å². The van der Waals surface area contributed by atoms with Crippen LogP contribution < -0.4 is 32.5 Å². The lowest BCUT2D eigenvalue weighted by molar-refractivity contribution is -0.118. The molecule has 0 saturated carbocycles. The maximum absolute atomic E-state index is 12.6. The monoisotopic (exact) mass is 450 g/mol. The number of nitrogen functional groups attached to an aromatic ring is 1. The van der Waals surface area contributed by atoms with Crippen LogP contribution in [0.2, 0.25) is 0 Å². The second-order valence-corrected chi connectivity index (χ2v) is 9.11. The van der Waals surface area contributed by atoms with Gasteiger partial charge in [0.1, 0.15) is 11.5 Å². The smallest absolute Gasteiger partial charge is 0.330 e. The van der Waals surface area contributed by atoms with Crippen molar-refractivity contribution in [2.24, 2.45) is 11.8 Å². The third kappa shape index (κ3) is 6.99. The van der Waals surface area contributed by atoms with Gasteiger partial charge in [-0.25, -0.2) is 9.59 Å². The van der Waals surface area contributed by atoms with Gasteiger partial charge in [0.2, 0.25) is 5.91 Å². The maximum atomic E-state index is 12.6. The molecule has 0 saturated heterocycles. The first-order valence-electron chi connectivity index (χ1n) is 10.1. The molecule has 2 aromatic rings. The molecule has 0 aromatic carbocycles. The molecule has 0 unspecified atom stereocenters. The number of amides is 3. The SMILES string of the molecule is CC(C)CN(CC(=O)NC(=O)NCc1cccs1)c1c(N)n(CC(C)C)c(=O)[nH]c1=O. The number of hydrogen-bond acceptors (Lipinski definition) is 7. The number of nitrogens with one attached hydrogen (secondary N) is 3. The summed E-state index contributed by atoms with van der Waals surface area (Å²) in [4.78, 5) is 54.0. The molecule has 0 aliphatic rings. The summed E-state index contributed by atoms with van der Waals surface area (Å²) < 4.78 is 1.29. The highest BCUT2D eigenvalue weighted by atomic mass is 32.1. The van der Waals surface area contributed by atoms with E-state index in [-0.39, 0.29) is 29.9 Å². The minimum atomic E-state index is -0.668. The Hall–Kier alpha value is -3.08. The second kappa shape index (κ2) is 10.8. The molecule has 2 heterocycles. The van der Waals surface area contributed by atoms with Crippen LogP contribution in [0.25, 0.3) is 0 Å². The Balaban J connectivity index is 2.19. The fourth-order valence-corrected chi connectivity index (χ4v) is 3.71. The zero-order valence-electron chi connectivity index (χ0n) is 18.2. The van der Waals surface area contributed by atoms with E-state index in [0.717, 1.165) is 4.88 Å². The molecule has 11 heteroatoms. The standard InChI is InChI=1S/C20H30N6O4S/c1-12(2)9-25(11-15(27)23-19(29)22-8-14-6-5-7-31-14)16-17(21)26(10-13(3)4)20(30)24-18(16)28/h5-7,12-13H,8-11,21H2,1-4H3,(H,24,28,30)(H2,22,23,27,29). The first kappa shape index (κ1) is 24.2. The molecule has 0 bridgehead atoms. The third-order valence-electron chi connectivity index (χ3n) is 4.25. The maximum Gasteiger partial charge on any atom is 0.330 e. The molecule has 0 radical (unpaired) electrons. The van der Waals surface area contributed by atoms with Gasteiger partial charge in [-0.05, 0) is 23.3 Å². The van der Waals surface area contributed by atoms with E-state index in [1.165, 1.54) is 20.8 Å². The van der Waals surface area contributed by atoms with Crippen molar-refractivity contribution in [2.45, 2.75) is 40.8 Å². The van der Waals surface area contributed by atoms with Crippen molar-refractivity contribution in [2.75, 3.05) is 23.7 Å². The number of urea groups is 1. The predicted octanol–water partition coefficient (Wildman–Crippen LogP) is 1.32. The van der Waals surface area contributed by atoms with Crippen LogP contribution in [0.15, 0.2) is 27.1 Å². The van der Waals surface area contributed by atoms with Crippen LogP contribution in [-0.4, -0.2) is 34.6 Å². The van der Waals surface area contributed by atoms with Gasteiger partial charge >= 0.3 is 11.7 Å². The van der Waals surface area contributed by atoms with Crippen molar-refractivity contribution in [1.29, 1.82) is 0 Å². The number of hydrogen-bond donors (Lipinski definition) is 4.